The monoisotopic (exact) mass is 333 g/mol. The molecule has 0 aromatic carbocycles. The second-order valence-electron chi connectivity index (χ2n) is 7.86. The fourth-order valence-electron chi connectivity index (χ4n) is 3.33. The quantitative estimate of drug-likeness (QED) is 0.920. The Kier molecular flexibility index (Phi) is 5.86. The van der Waals surface area contributed by atoms with Crippen LogP contribution in [0.25, 0.3) is 0 Å². The molecule has 0 spiro atoms. The third-order valence-electron chi connectivity index (χ3n) is 4.50. The molecule has 134 valence electrons. The summed E-state index contributed by atoms with van der Waals surface area (Å²) in [6.45, 7) is 12.7. The molecule has 5 nitrogen and oxygen atoms in total. The Morgan fingerprint density at radius 2 is 2.12 bits per heavy atom. The first-order valence-electron chi connectivity index (χ1n) is 8.74. The average Bonchev–Trinajstić information content (AvgIpc) is 2.49. The van der Waals surface area contributed by atoms with Crippen LogP contribution in [0.15, 0.2) is 6.20 Å². The molecule has 0 radical (unpaired) electrons. The van der Waals surface area contributed by atoms with Gasteiger partial charge in [-0.2, -0.15) is 0 Å². The third kappa shape index (κ3) is 4.69. The van der Waals surface area contributed by atoms with Crippen molar-refractivity contribution in [3.8, 4) is 5.75 Å². The number of aryl methyl sites for hydroxylation is 1. The van der Waals surface area contributed by atoms with E-state index in [-0.39, 0.29) is 17.4 Å². The summed E-state index contributed by atoms with van der Waals surface area (Å²) in [5.41, 5.74) is 3.01. The molecule has 2 rings (SSSR count). The van der Waals surface area contributed by atoms with E-state index in [0.717, 1.165) is 55.0 Å². The summed E-state index contributed by atoms with van der Waals surface area (Å²) in [6, 6.07) is 0. The van der Waals surface area contributed by atoms with Gasteiger partial charge in [-0.1, -0.05) is 0 Å². The van der Waals surface area contributed by atoms with Gasteiger partial charge in [-0.15, -0.1) is 0 Å². The van der Waals surface area contributed by atoms with E-state index in [1.807, 2.05) is 33.9 Å². The number of methoxy groups -OCH3 is 1. The molecule has 24 heavy (non-hydrogen) atoms. The minimum Gasteiger partial charge on any atom is -0.496 e. The lowest BCUT2D eigenvalue weighted by Crippen LogP contribution is -2.48. The fourth-order valence-corrected chi connectivity index (χ4v) is 3.33. The van der Waals surface area contributed by atoms with Gasteiger partial charge in [0.1, 0.15) is 5.75 Å². The van der Waals surface area contributed by atoms with E-state index in [0.29, 0.717) is 0 Å². The van der Waals surface area contributed by atoms with Crippen LogP contribution in [0, 0.1) is 19.8 Å². The molecule has 1 amide bonds. The van der Waals surface area contributed by atoms with E-state index >= 15 is 0 Å². The van der Waals surface area contributed by atoms with Crippen molar-refractivity contribution < 1.29 is 9.53 Å². The summed E-state index contributed by atoms with van der Waals surface area (Å²) in [7, 11) is 1.70. The molecule has 1 aromatic heterocycles. The Labute approximate surface area is 145 Å². The van der Waals surface area contributed by atoms with Crippen molar-refractivity contribution in [3.05, 3.63) is 23.0 Å². The molecule has 1 N–H and O–H groups in total. The molecule has 1 fully saturated rings. The van der Waals surface area contributed by atoms with Crippen LogP contribution in [0.5, 0.6) is 5.75 Å². The van der Waals surface area contributed by atoms with Gasteiger partial charge in [0.05, 0.1) is 18.7 Å². The van der Waals surface area contributed by atoms with Crippen LogP contribution in [0.2, 0.25) is 0 Å². The summed E-state index contributed by atoms with van der Waals surface area (Å²) in [4.78, 5) is 19.4. The molecule has 1 atom stereocenters. The zero-order chi connectivity index (χ0) is 17.9. The number of amides is 1. The second-order valence-corrected chi connectivity index (χ2v) is 7.86. The zero-order valence-electron chi connectivity index (χ0n) is 15.9. The van der Waals surface area contributed by atoms with E-state index < -0.39 is 0 Å². The lowest BCUT2D eigenvalue weighted by Gasteiger charge is -2.33. The van der Waals surface area contributed by atoms with Crippen molar-refractivity contribution >= 4 is 5.91 Å². The normalized spacial score (nSPS) is 19.2. The van der Waals surface area contributed by atoms with Crippen LogP contribution in [0.1, 0.15) is 50.4 Å². The smallest absolute Gasteiger partial charge is 0.224 e. The highest BCUT2D eigenvalue weighted by atomic mass is 16.5. The molecule has 0 aliphatic carbocycles. The molecule has 0 saturated carbocycles. The van der Waals surface area contributed by atoms with Gasteiger partial charge < -0.3 is 10.1 Å². The second kappa shape index (κ2) is 7.51. The van der Waals surface area contributed by atoms with Gasteiger partial charge in [0, 0.05) is 36.0 Å². The van der Waals surface area contributed by atoms with Crippen molar-refractivity contribution in [3.63, 3.8) is 0 Å². The number of aromatic nitrogens is 1. The molecule has 1 saturated heterocycles. The molecule has 0 bridgehead atoms. The maximum atomic E-state index is 12.5. The Balaban J connectivity index is 2.05. The van der Waals surface area contributed by atoms with E-state index in [1.165, 1.54) is 0 Å². The summed E-state index contributed by atoms with van der Waals surface area (Å²) >= 11 is 0. The number of carbonyl (C=O) groups is 1. The van der Waals surface area contributed by atoms with E-state index in [9.17, 15) is 4.79 Å². The van der Waals surface area contributed by atoms with Crippen molar-refractivity contribution in [2.24, 2.45) is 5.92 Å². The molecule has 1 aromatic rings. The number of likely N-dealkylation sites (tertiary alicyclic amines) is 1. The summed E-state index contributed by atoms with van der Waals surface area (Å²) < 4.78 is 5.50. The minimum absolute atomic E-state index is 0.0608. The summed E-state index contributed by atoms with van der Waals surface area (Å²) in [5.74, 6) is 1.14. The molecule has 1 aliphatic rings. The molecule has 1 unspecified atom stereocenters. The number of rotatable bonds is 4. The SMILES string of the molecule is COc1c(C)cnc(CN2CCCC(C(=O)NC(C)(C)C)C2)c1C. The van der Waals surface area contributed by atoms with Crippen LogP contribution in [0.3, 0.4) is 0 Å². The number of carbonyl (C=O) groups excluding carboxylic acids is 1. The highest BCUT2D eigenvalue weighted by Gasteiger charge is 2.28. The highest BCUT2D eigenvalue weighted by Crippen LogP contribution is 2.26. The minimum atomic E-state index is -0.179. The van der Waals surface area contributed by atoms with Crippen molar-refractivity contribution in [2.45, 2.75) is 59.5 Å². The van der Waals surface area contributed by atoms with Crippen LogP contribution >= 0.6 is 0 Å². The molecule has 1 aliphatic heterocycles. The first-order chi connectivity index (χ1) is 11.2. The molecular weight excluding hydrogens is 302 g/mol. The average molecular weight is 333 g/mol. The standard InChI is InChI=1S/C19H31N3O2/c1-13-10-20-16(14(2)17(13)24-6)12-22-9-7-8-15(11-22)18(23)21-19(3,4)5/h10,15H,7-9,11-12H2,1-6H3,(H,21,23). The van der Waals surface area contributed by atoms with Crippen LogP contribution in [0.4, 0.5) is 0 Å². The van der Waals surface area contributed by atoms with Gasteiger partial charge in [-0.25, -0.2) is 0 Å². The number of nitrogens with one attached hydrogen (secondary N) is 1. The van der Waals surface area contributed by atoms with Gasteiger partial charge >= 0.3 is 0 Å². The Bertz CT molecular complexity index is 593. The van der Waals surface area contributed by atoms with E-state index in [2.05, 4.69) is 22.1 Å². The van der Waals surface area contributed by atoms with E-state index in [4.69, 9.17) is 4.74 Å². The lowest BCUT2D eigenvalue weighted by molar-refractivity contribution is -0.128. The maximum absolute atomic E-state index is 12.5. The van der Waals surface area contributed by atoms with Gasteiger partial charge in [0.2, 0.25) is 5.91 Å². The van der Waals surface area contributed by atoms with Gasteiger partial charge in [0.15, 0.2) is 0 Å². The Morgan fingerprint density at radius 3 is 2.75 bits per heavy atom. The number of hydrogen-bond acceptors (Lipinski definition) is 4. The molecule has 2 heterocycles. The number of nitrogens with zero attached hydrogens (tertiary/aromatic N) is 2. The van der Waals surface area contributed by atoms with Crippen molar-refractivity contribution in [1.82, 2.24) is 15.2 Å². The summed E-state index contributed by atoms with van der Waals surface area (Å²) in [5, 5.41) is 3.11. The topological polar surface area (TPSA) is 54.5 Å². The molecular formula is C19H31N3O2. The van der Waals surface area contributed by atoms with E-state index in [1.54, 1.807) is 7.11 Å². The van der Waals surface area contributed by atoms with Crippen molar-refractivity contribution in [2.75, 3.05) is 20.2 Å². The predicted molar refractivity (Wildman–Crippen MR) is 96.2 cm³/mol. The third-order valence-corrected chi connectivity index (χ3v) is 4.50. The number of pyridine rings is 1. The Morgan fingerprint density at radius 1 is 1.42 bits per heavy atom. The lowest BCUT2D eigenvalue weighted by atomic mass is 9.95. The van der Waals surface area contributed by atoms with Crippen molar-refractivity contribution in [1.29, 1.82) is 0 Å². The molecule has 5 heteroatoms. The van der Waals surface area contributed by atoms with Gasteiger partial charge in [0.25, 0.3) is 0 Å². The largest absolute Gasteiger partial charge is 0.496 e. The van der Waals surface area contributed by atoms with Crippen LogP contribution in [-0.2, 0) is 11.3 Å². The maximum Gasteiger partial charge on any atom is 0.224 e. The fraction of sp³-hybridized carbons (Fsp3) is 0.684. The number of piperidine rings is 1. The predicted octanol–water partition coefficient (Wildman–Crippen LogP) is 2.83. The van der Waals surface area contributed by atoms with Gasteiger partial charge in [-0.05, 0) is 54.0 Å². The van der Waals surface area contributed by atoms with Crippen LogP contribution < -0.4 is 10.1 Å². The first kappa shape index (κ1) is 18.7. The first-order valence-corrected chi connectivity index (χ1v) is 8.74. The van der Waals surface area contributed by atoms with Crippen LogP contribution in [-0.4, -0.2) is 41.5 Å². The number of ether oxygens (including phenoxy) is 1. The Hall–Kier alpha value is -1.62. The zero-order valence-corrected chi connectivity index (χ0v) is 15.9. The van der Waals surface area contributed by atoms with Gasteiger partial charge in [-0.3, -0.25) is 14.7 Å². The highest BCUT2D eigenvalue weighted by molar-refractivity contribution is 5.79. The summed E-state index contributed by atoms with van der Waals surface area (Å²) in [6.07, 6.45) is 3.88. The number of hydrogen-bond donors (Lipinski definition) is 1.